The third-order valence-electron chi connectivity index (χ3n) is 2.67. The predicted octanol–water partition coefficient (Wildman–Crippen LogP) is 0.568. The number of nitrogens with zero attached hydrogens (tertiary/aromatic N) is 2. The molecule has 1 unspecified atom stereocenters. The Balaban J connectivity index is 2.24. The van der Waals surface area contributed by atoms with Crippen LogP contribution in [0.25, 0.3) is 0 Å². The number of hydrogen-bond acceptors (Lipinski definition) is 5. The van der Waals surface area contributed by atoms with Crippen LogP contribution in [-0.2, 0) is 13.8 Å². The summed E-state index contributed by atoms with van der Waals surface area (Å²) in [6, 6.07) is 3.00. The Bertz CT molecular complexity index is 584. The summed E-state index contributed by atoms with van der Waals surface area (Å²) < 4.78 is 22.4. The average Bonchev–Trinajstić information content (AvgIpc) is 2.71. The zero-order valence-electron chi connectivity index (χ0n) is 9.11. The van der Waals surface area contributed by atoms with Gasteiger partial charge in [-0.15, -0.1) is 0 Å². The highest BCUT2D eigenvalue weighted by atomic mass is 35.7. The minimum absolute atomic E-state index is 0.0158. The first-order valence-corrected chi connectivity index (χ1v) is 7.44. The van der Waals surface area contributed by atoms with Crippen LogP contribution in [-0.4, -0.2) is 37.4 Å². The van der Waals surface area contributed by atoms with Crippen LogP contribution in [0.3, 0.4) is 0 Å². The molecule has 18 heavy (non-hydrogen) atoms. The molecule has 6 nitrogen and oxygen atoms in total. The third kappa shape index (κ3) is 2.51. The summed E-state index contributed by atoms with van der Waals surface area (Å²) >= 11 is 0. The molecule has 1 aromatic heterocycles. The second-order valence-corrected chi connectivity index (χ2v) is 6.78. The normalized spacial score (nSPS) is 20.2. The molecule has 0 bridgehead atoms. The second-order valence-electron chi connectivity index (χ2n) is 3.87. The van der Waals surface area contributed by atoms with E-state index in [2.05, 4.69) is 4.98 Å². The lowest BCUT2D eigenvalue weighted by Crippen LogP contribution is -2.27. The van der Waals surface area contributed by atoms with Gasteiger partial charge in [-0.05, 0) is 12.1 Å². The molecule has 8 heteroatoms. The van der Waals surface area contributed by atoms with E-state index in [9.17, 15) is 18.0 Å². The van der Waals surface area contributed by atoms with Crippen LogP contribution in [0.15, 0.2) is 18.3 Å². The molecule has 0 aromatic carbocycles. The smallest absolute Gasteiger partial charge is 0.237 e. The van der Waals surface area contributed by atoms with Crippen molar-refractivity contribution in [1.82, 2.24) is 4.98 Å². The Morgan fingerprint density at radius 3 is 2.61 bits per heavy atom. The van der Waals surface area contributed by atoms with Crippen molar-refractivity contribution in [3.63, 3.8) is 0 Å². The van der Waals surface area contributed by atoms with Gasteiger partial charge in [0, 0.05) is 35.4 Å². The zero-order chi connectivity index (χ0) is 13.3. The zero-order valence-corrected chi connectivity index (χ0v) is 10.7. The number of aldehydes is 1. The van der Waals surface area contributed by atoms with E-state index in [0.717, 1.165) is 0 Å². The number of halogens is 1. The summed E-state index contributed by atoms with van der Waals surface area (Å²) in [6.07, 6.45) is 1.80. The van der Waals surface area contributed by atoms with E-state index in [4.69, 9.17) is 10.7 Å². The van der Waals surface area contributed by atoms with E-state index in [0.29, 0.717) is 17.7 Å². The Morgan fingerprint density at radius 2 is 2.17 bits per heavy atom. The molecule has 1 saturated heterocycles. The lowest BCUT2D eigenvalue weighted by Gasteiger charge is -2.14. The highest BCUT2D eigenvalue weighted by molar-refractivity contribution is 8.14. The first-order chi connectivity index (χ1) is 8.41. The summed E-state index contributed by atoms with van der Waals surface area (Å²) in [6.45, 7) is -0.0158. The minimum Gasteiger partial charge on any atom is -0.298 e. The highest BCUT2D eigenvalue weighted by Crippen LogP contribution is 2.25. The van der Waals surface area contributed by atoms with Gasteiger partial charge in [0.2, 0.25) is 15.0 Å². The van der Waals surface area contributed by atoms with Crippen molar-refractivity contribution in [2.24, 2.45) is 0 Å². The SMILES string of the molecule is O=Cc1ccc(N2CC(S(=O)(=O)Cl)CC2=O)nc1. The fourth-order valence-electron chi connectivity index (χ4n) is 1.71. The maximum atomic E-state index is 11.7. The van der Waals surface area contributed by atoms with Crippen molar-refractivity contribution >= 4 is 37.7 Å². The molecule has 2 heterocycles. The number of hydrogen-bond donors (Lipinski definition) is 0. The fraction of sp³-hybridized carbons (Fsp3) is 0.300. The summed E-state index contributed by atoms with van der Waals surface area (Å²) in [7, 11) is 1.47. The van der Waals surface area contributed by atoms with Crippen molar-refractivity contribution in [3.8, 4) is 0 Å². The molecular weight excluding hydrogens is 280 g/mol. The molecule has 1 amide bonds. The van der Waals surface area contributed by atoms with Gasteiger partial charge in [-0.3, -0.25) is 14.5 Å². The van der Waals surface area contributed by atoms with Crippen molar-refractivity contribution in [3.05, 3.63) is 23.9 Å². The molecule has 96 valence electrons. The number of amides is 1. The first kappa shape index (κ1) is 13.0. The molecule has 0 aliphatic carbocycles. The van der Waals surface area contributed by atoms with Crippen LogP contribution < -0.4 is 4.90 Å². The van der Waals surface area contributed by atoms with Gasteiger partial charge in [-0.25, -0.2) is 13.4 Å². The first-order valence-electron chi connectivity index (χ1n) is 5.07. The molecule has 0 saturated carbocycles. The third-order valence-corrected chi connectivity index (χ3v) is 4.54. The van der Waals surface area contributed by atoms with Gasteiger partial charge >= 0.3 is 0 Å². The number of anilines is 1. The van der Waals surface area contributed by atoms with Crippen molar-refractivity contribution in [2.45, 2.75) is 11.7 Å². The Labute approximate surface area is 108 Å². The summed E-state index contributed by atoms with van der Waals surface area (Å²) in [5, 5.41) is -0.917. The number of carbonyl (C=O) groups excluding carboxylic acids is 2. The van der Waals surface area contributed by atoms with E-state index >= 15 is 0 Å². The van der Waals surface area contributed by atoms with Gasteiger partial charge in [-0.2, -0.15) is 0 Å². The molecule has 0 N–H and O–H groups in total. The predicted molar refractivity (Wildman–Crippen MR) is 65.2 cm³/mol. The van der Waals surface area contributed by atoms with Gasteiger partial charge in [0.25, 0.3) is 0 Å². The molecule has 1 atom stereocenters. The monoisotopic (exact) mass is 288 g/mol. The topological polar surface area (TPSA) is 84.4 Å². The molecule has 1 aromatic rings. The van der Waals surface area contributed by atoms with E-state index in [1.807, 2.05) is 0 Å². The summed E-state index contributed by atoms with van der Waals surface area (Å²) in [5.74, 6) is -0.0380. The van der Waals surface area contributed by atoms with E-state index in [-0.39, 0.29) is 18.9 Å². The van der Waals surface area contributed by atoms with E-state index in [1.54, 1.807) is 0 Å². The van der Waals surface area contributed by atoms with Crippen LogP contribution in [0.1, 0.15) is 16.8 Å². The molecule has 0 spiro atoms. The molecule has 1 fully saturated rings. The van der Waals surface area contributed by atoms with Crippen LogP contribution in [0.2, 0.25) is 0 Å². The lowest BCUT2D eigenvalue weighted by atomic mass is 10.3. The van der Waals surface area contributed by atoms with Crippen LogP contribution in [0, 0.1) is 0 Å². The van der Waals surface area contributed by atoms with Gasteiger partial charge < -0.3 is 0 Å². The number of carbonyl (C=O) groups is 2. The molecule has 0 radical (unpaired) electrons. The van der Waals surface area contributed by atoms with Gasteiger partial charge in [-0.1, -0.05) is 0 Å². The number of rotatable bonds is 3. The van der Waals surface area contributed by atoms with E-state index < -0.39 is 14.3 Å². The molecule has 1 aliphatic heterocycles. The molecule has 1 aliphatic rings. The maximum absolute atomic E-state index is 11.7. The summed E-state index contributed by atoms with van der Waals surface area (Å²) in [4.78, 5) is 27.3. The minimum atomic E-state index is -3.76. The number of aromatic nitrogens is 1. The second kappa shape index (κ2) is 4.66. The van der Waals surface area contributed by atoms with Crippen LogP contribution in [0.5, 0.6) is 0 Å². The number of pyridine rings is 1. The standard InChI is InChI=1S/C10H9ClN2O4S/c11-18(16,17)8-3-10(15)13(5-8)9-2-1-7(6-14)4-12-9/h1-2,4,6,8H,3,5H2. The maximum Gasteiger partial charge on any atom is 0.237 e. The largest absolute Gasteiger partial charge is 0.298 e. The Kier molecular flexibility index (Phi) is 3.36. The van der Waals surface area contributed by atoms with Gasteiger partial charge in [0.15, 0.2) is 6.29 Å². The Morgan fingerprint density at radius 1 is 1.44 bits per heavy atom. The lowest BCUT2D eigenvalue weighted by molar-refractivity contribution is -0.117. The van der Waals surface area contributed by atoms with Crippen molar-refractivity contribution in [1.29, 1.82) is 0 Å². The van der Waals surface area contributed by atoms with Crippen molar-refractivity contribution < 1.29 is 18.0 Å². The Hall–Kier alpha value is -1.47. The molecule has 2 rings (SSSR count). The van der Waals surface area contributed by atoms with E-state index in [1.165, 1.54) is 23.2 Å². The summed E-state index contributed by atoms with van der Waals surface area (Å²) in [5.41, 5.74) is 0.381. The van der Waals surface area contributed by atoms with Crippen molar-refractivity contribution in [2.75, 3.05) is 11.4 Å². The fourth-order valence-corrected chi connectivity index (χ4v) is 2.74. The van der Waals surface area contributed by atoms with Crippen LogP contribution >= 0.6 is 10.7 Å². The average molecular weight is 289 g/mol. The molecular formula is C10H9ClN2O4S. The highest BCUT2D eigenvalue weighted by Gasteiger charge is 2.38. The quantitative estimate of drug-likeness (QED) is 0.599. The van der Waals surface area contributed by atoms with Gasteiger partial charge in [0.1, 0.15) is 11.1 Å². The van der Waals surface area contributed by atoms with Crippen LogP contribution in [0.4, 0.5) is 5.82 Å². The van der Waals surface area contributed by atoms with Gasteiger partial charge in [0.05, 0.1) is 0 Å².